The smallest absolute Gasteiger partial charge is 0.253 e. The highest BCUT2D eigenvalue weighted by molar-refractivity contribution is 6.04. The van der Waals surface area contributed by atoms with Crippen molar-refractivity contribution in [2.45, 2.75) is 26.8 Å². The standard InChI is InChI=1S/C16H24N4O3/c1-4-18-15(22)11-7-5-6-8-12(11)20-13(21)9-19-16(23)14(17)10(2)3/h5-8,10,14H,4,9,17H2,1-3H3,(H,18,22)(H,19,23)(H,20,21)/t14-/m0/s1. The average molecular weight is 320 g/mol. The second kappa shape index (κ2) is 8.89. The molecule has 0 unspecified atom stereocenters. The monoisotopic (exact) mass is 320 g/mol. The van der Waals surface area contributed by atoms with E-state index in [0.29, 0.717) is 17.8 Å². The highest BCUT2D eigenvalue weighted by Gasteiger charge is 2.18. The van der Waals surface area contributed by atoms with Gasteiger partial charge in [0.15, 0.2) is 0 Å². The first-order valence-corrected chi connectivity index (χ1v) is 7.57. The molecule has 23 heavy (non-hydrogen) atoms. The zero-order chi connectivity index (χ0) is 17.4. The minimum absolute atomic E-state index is 0.0171. The molecule has 0 aliphatic carbocycles. The molecule has 0 fully saturated rings. The molecule has 1 aromatic carbocycles. The van der Waals surface area contributed by atoms with Crippen LogP contribution in [-0.2, 0) is 9.59 Å². The van der Waals surface area contributed by atoms with E-state index in [0.717, 1.165) is 0 Å². The Balaban J connectivity index is 2.65. The number of rotatable bonds is 7. The number of nitrogens with one attached hydrogen (secondary N) is 3. The fourth-order valence-electron chi connectivity index (χ4n) is 1.83. The number of benzene rings is 1. The van der Waals surface area contributed by atoms with Crippen molar-refractivity contribution in [3.05, 3.63) is 29.8 Å². The lowest BCUT2D eigenvalue weighted by Crippen LogP contribution is -2.46. The lowest BCUT2D eigenvalue weighted by molar-refractivity contribution is -0.125. The molecule has 1 rings (SSSR count). The van der Waals surface area contributed by atoms with E-state index in [1.807, 2.05) is 20.8 Å². The van der Waals surface area contributed by atoms with Gasteiger partial charge in [0.25, 0.3) is 5.91 Å². The van der Waals surface area contributed by atoms with Gasteiger partial charge >= 0.3 is 0 Å². The Labute approximate surface area is 136 Å². The molecule has 0 saturated carbocycles. The molecule has 3 amide bonds. The maximum Gasteiger partial charge on any atom is 0.253 e. The molecule has 7 heteroatoms. The minimum Gasteiger partial charge on any atom is -0.352 e. The first-order valence-electron chi connectivity index (χ1n) is 7.57. The number of para-hydroxylation sites is 1. The molecule has 126 valence electrons. The molecule has 0 aliphatic rings. The van der Waals surface area contributed by atoms with E-state index in [9.17, 15) is 14.4 Å². The molecule has 5 N–H and O–H groups in total. The highest BCUT2D eigenvalue weighted by atomic mass is 16.2. The molecule has 7 nitrogen and oxygen atoms in total. The Bertz CT molecular complexity index is 572. The van der Waals surface area contributed by atoms with Gasteiger partial charge in [-0.25, -0.2) is 0 Å². The van der Waals surface area contributed by atoms with E-state index in [4.69, 9.17) is 5.73 Å². The third-order valence-electron chi connectivity index (χ3n) is 3.23. The molecule has 0 heterocycles. The summed E-state index contributed by atoms with van der Waals surface area (Å²) in [6, 6.07) is 6.01. The Kier molecular flexibility index (Phi) is 7.21. The molecule has 0 bridgehead atoms. The number of nitrogens with two attached hydrogens (primary N) is 1. The van der Waals surface area contributed by atoms with E-state index in [2.05, 4.69) is 16.0 Å². The molecule has 1 aromatic rings. The summed E-state index contributed by atoms with van der Waals surface area (Å²) in [5, 5.41) is 7.78. The minimum atomic E-state index is -0.662. The van der Waals surface area contributed by atoms with E-state index in [1.165, 1.54) is 0 Å². The van der Waals surface area contributed by atoms with Crippen LogP contribution in [0.2, 0.25) is 0 Å². The fraction of sp³-hybridized carbons (Fsp3) is 0.438. The summed E-state index contributed by atoms with van der Waals surface area (Å²) in [5.41, 5.74) is 6.46. The van der Waals surface area contributed by atoms with Gasteiger partial charge in [-0.3, -0.25) is 14.4 Å². The van der Waals surface area contributed by atoms with Gasteiger partial charge in [0, 0.05) is 6.54 Å². The summed E-state index contributed by atoms with van der Waals surface area (Å²) in [6.45, 7) is 5.75. The van der Waals surface area contributed by atoms with Crippen molar-refractivity contribution in [2.75, 3.05) is 18.4 Å². The first-order chi connectivity index (χ1) is 10.9. The van der Waals surface area contributed by atoms with Gasteiger partial charge in [-0.1, -0.05) is 26.0 Å². The van der Waals surface area contributed by atoms with Gasteiger partial charge in [0.05, 0.1) is 23.8 Å². The van der Waals surface area contributed by atoms with Gasteiger partial charge in [0.2, 0.25) is 11.8 Å². The Morgan fingerprint density at radius 2 is 1.78 bits per heavy atom. The van der Waals surface area contributed by atoms with Crippen molar-refractivity contribution in [3.8, 4) is 0 Å². The quantitative estimate of drug-likeness (QED) is 0.585. The van der Waals surface area contributed by atoms with Gasteiger partial charge in [-0.15, -0.1) is 0 Å². The third kappa shape index (κ3) is 5.71. The van der Waals surface area contributed by atoms with Crippen molar-refractivity contribution in [3.63, 3.8) is 0 Å². The molecule has 0 aliphatic heterocycles. The fourth-order valence-corrected chi connectivity index (χ4v) is 1.83. The number of hydrogen-bond donors (Lipinski definition) is 4. The number of carbonyl (C=O) groups excluding carboxylic acids is 3. The molecular weight excluding hydrogens is 296 g/mol. The largest absolute Gasteiger partial charge is 0.352 e. The van der Waals surface area contributed by atoms with Crippen LogP contribution in [0, 0.1) is 5.92 Å². The van der Waals surface area contributed by atoms with Gasteiger partial charge in [-0.05, 0) is 25.0 Å². The van der Waals surface area contributed by atoms with Crippen LogP contribution in [0.3, 0.4) is 0 Å². The van der Waals surface area contributed by atoms with Crippen molar-refractivity contribution in [1.82, 2.24) is 10.6 Å². The van der Waals surface area contributed by atoms with Crippen molar-refractivity contribution < 1.29 is 14.4 Å². The SMILES string of the molecule is CCNC(=O)c1ccccc1NC(=O)CNC(=O)[C@@H](N)C(C)C. The number of hydrogen-bond acceptors (Lipinski definition) is 4. The summed E-state index contributed by atoms with van der Waals surface area (Å²) in [7, 11) is 0. The normalized spacial score (nSPS) is 11.7. The third-order valence-corrected chi connectivity index (χ3v) is 3.23. The molecule has 1 atom stereocenters. The summed E-state index contributed by atoms with van der Waals surface area (Å²) in [4.78, 5) is 35.6. The topological polar surface area (TPSA) is 113 Å². The highest BCUT2D eigenvalue weighted by Crippen LogP contribution is 2.14. The van der Waals surface area contributed by atoms with E-state index >= 15 is 0 Å². The van der Waals surface area contributed by atoms with Crippen LogP contribution in [-0.4, -0.2) is 36.9 Å². The van der Waals surface area contributed by atoms with Crippen molar-refractivity contribution >= 4 is 23.4 Å². The second-order valence-electron chi connectivity index (χ2n) is 5.44. The van der Waals surface area contributed by atoms with Crippen LogP contribution in [0.15, 0.2) is 24.3 Å². The zero-order valence-electron chi connectivity index (χ0n) is 13.7. The molecule has 0 saturated heterocycles. The van der Waals surface area contributed by atoms with Gasteiger partial charge in [-0.2, -0.15) is 0 Å². The lowest BCUT2D eigenvalue weighted by Gasteiger charge is -2.15. The lowest BCUT2D eigenvalue weighted by atomic mass is 10.1. The van der Waals surface area contributed by atoms with E-state index in [1.54, 1.807) is 24.3 Å². The van der Waals surface area contributed by atoms with Crippen LogP contribution in [0.1, 0.15) is 31.1 Å². The molecule has 0 radical (unpaired) electrons. The predicted molar refractivity (Wildman–Crippen MR) is 88.9 cm³/mol. The number of anilines is 1. The Hall–Kier alpha value is -2.41. The summed E-state index contributed by atoms with van der Waals surface area (Å²) >= 11 is 0. The zero-order valence-corrected chi connectivity index (χ0v) is 13.7. The van der Waals surface area contributed by atoms with Crippen LogP contribution in [0.5, 0.6) is 0 Å². The van der Waals surface area contributed by atoms with E-state index in [-0.39, 0.29) is 24.3 Å². The maximum absolute atomic E-state index is 11.9. The number of amides is 3. The van der Waals surface area contributed by atoms with Crippen molar-refractivity contribution in [2.24, 2.45) is 11.7 Å². The second-order valence-corrected chi connectivity index (χ2v) is 5.44. The maximum atomic E-state index is 11.9. The summed E-state index contributed by atoms with van der Waals surface area (Å²) < 4.78 is 0. The average Bonchev–Trinajstić information content (AvgIpc) is 2.52. The Morgan fingerprint density at radius 3 is 2.39 bits per heavy atom. The summed E-state index contributed by atoms with van der Waals surface area (Å²) in [6.07, 6.45) is 0. The van der Waals surface area contributed by atoms with Crippen LogP contribution in [0.25, 0.3) is 0 Å². The Morgan fingerprint density at radius 1 is 1.13 bits per heavy atom. The van der Waals surface area contributed by atoms with Crippen molar-refractivity contribution in [1.29, 1.82) is 0 Å². The van der Waals surface area contributed by atoms with Crippen LogP contribution in [0.4, 0.5) is 5.69 Å². The molecule has 0 aromatic heterocycles. The van der Waals surface area contributed by atoms with Gasteiger partial charge < -0.3 is 21.7 Å². The predicted octanol–water partition coefficient (Wildman–Crippen LogP) is 0.474. The number of carbonyl (C=O) groups is 3. The van der Waals surface area contributed by atoms with Crippen LogP contribution >= 0.6 is 0 Å². The molecular formula is C16H24N4O3. The molecule has 0 spiro atoms. The summed E-state index contributed by atoms with van der Waals surface area (Å²) in [5.74, 6) is -1.09. The van der Waals surface area contributed by atoms with Crippen LogP contribution < -0.4 is 21.7 Å². The van der Waals surface area contributed by atoms with E-state index < -0.39 is 11.9 Å². The van der Waals surface area contributed by atoms with Gasteiger partial charge in [0.1, 0.15) is 0 Å². The first kappa shape index (κ1) is 18.6.